The summed E-state index contributed by atoms with van der Waals surface area (Å²) in [7, 11) is 1.68. The van der Waals surface area contributed by atoms with Crippen molar-refractivity contribution in [3.05, 3.63) is 35.6 Å². The molecular formula is C13H16FN5OS. The van der Waals surface area contributed by atoms with E-state index < -0.39 is 0 Å². The van der Waals surface area contributed by atoms with Gasteiger partial charge in [0.2, 0.25) is 17.0 Å². The quantitative estimate of drug-likeness (QED) is 0.820. The van der Waals surface area contributed by atoms with E-state index in [1.54, 1.807) is 31.0 Å². The molecule has 0 spiro atoms. The Labute approximate surface area is 125 Å². The molecule has 8 heteroatoms. The highest BCUT2D eigenvalue weighted by Crippen LogP contribution is 2.21. The number of amides is 1. The summed E-state index contributed by atoms with van der Waals surface area (Å²) in [5, 5.41) is 6.45. The molecule has 112 valence electrons. The minimum Gasteiger partial charge on any atom is -0.368 e. The minimum atomic E-state index is -0.362. The van der Waals surface area contributed by atoms with Crippen LogP contribution in [-0.2, 0) is 11.3 Å². The zero-order valence-electron chi connectivity index (χ0n) is 11.7. The molecule has 1 heterocycles. The van der Waals surface area contributed by atoms with Crippen molar-refractivity contribution < 1.29 is 9.18 Å². The van der Waals surface area contributed by atoms with Crippen LogP contribution in [-0.4, -0.2) is 38.3 Å². The zero-order chi connectivity index (χ0) is 15.4. The number of aromatic amines is 1. The number of hydrogen-bond donors (Lipinski definition) is 2. The number of rotatable bonds is 5. The molecule has 6 nitrogen and oxygen atoms in total. The van der Waals surface area contributed by atoms with Gasteiger partial charge in [-0.2, -0.15) is 4.98 Å². The molecule has 0 aliphatic heterocycles. The van der Waals surface area contributed by atoms with Crippen LogP contribution in [0.1, 0.15) is 12.5 Å². The third-order valence-corrected chi connectivity index (χ3v) is 3.75. The molecule has 0 unspecified atom stereocenters. The fourth-order valence-electron chi connectivity index (χ4n) is 1.82. The highest BCUT2D eigenvalue weighted by molar-refractivity contribution is 8.00. The first-order valence-corrected chi connectivity index (χ1v) is 7.17. The van der Waals surface area contributed by atoms with E-state index >= 15 is 0 Å². The van der Waals surface area contributed by atoms with E-state index in [0.717, 1.165) is 5.56 Å². The predicted octanol–water partition coefficient (Wildman–Crippen LogP) is 1.67. The Kier molecular flexibility index (Phi) is 4.79. The van der Waals surface area contributed by atoms with Crippen LogP contribution in [0, 0.1) is 5.82 Å². The van der Waals surface area contributed by atoms with Crippen LogP contribution in [0.5, 0.6) is 0 Å². The van der Waals surface area contributed by atoms with Gasteiger partial charge in [-0.3, -0.25) is 4.79 Å². The van der Waals surface area contributed by atoms with Crippen LogP contribution in [0.15, 0.2) is 29.4 Å². The Balaban J connectivity index is 1.95. The summed E-state index contributed by atoms with van der Waals surface area (Å²) in [5.74, 6) is -0.190. The van der Waals surface area contributed by atoms with Gasteiger partial charge in [0.05, 0.1) is 5.25 Å². The average Bonchev–Trinajstić information content (AvgIpc) is 2.83. The van der Waals surface area contributed by atoms with E-state index in [4.69, 9.17) is 5.73 Å². The smallest absolute Gasteiger partial charge is 0.235 e. The molecular weight excluding hydrogens is 293 g/mol. The van der Waals surface area contributed by atoms with E-state index in [-0.39, 0.29) is 22.9 Å². The maximum Gasteiger partial charge on any atom is 0.235 e. The molecule has 2 rings (SSSR count). The van der Waals surface area contributed by atoms with Crippen LogP contribution in [0.25, 0.3) is 0 Å². The van der Waals surface area contributed by atoms with Gasteiger partial charge >= 0.3 is 0 Å². The van der Waals surface area contributed by atoms with Crippen molar-refractivity contribution in [2.75, 3.05) is 12.8 Å². The second-order valence-electron chi connectivity index (χ2n) is 4.59. The molecule has 1 atom stereocenters. The molecule has 0 saturated heterocycles. The lowest BCUT2D eigenvalue weighted by Gasteiger charge is -2.20. The van der Waals surface area contributed by atoms with Crippen LogP contribution >= 0.6 is 11.8 Å². The van der Waals surface area contributed by atoms with Crippen molar-refractivity contribution in [1.29, 1.82) is 0 Å². The van der Waals surface area contributed by atoms with Crippen LogP contribution < -0.4 is 5.73 Å². The topological polar surface area (TPSA) is 87.9 Å². The summed E-state index contributed by atoms with van der Waals surface area (Å²) < 4.78 is 13.1. The lowest BCUT2D eigenvalue weighted by atomic mass is 10.2. The van der Waals surface area contributed by atoms with Crippen molar-refractivity contribution >= 4 is 23.6 Å². The first-order chi connectivity index (χ1) is 9.95. The molecule has 0 saturated carbocycles. The molecule has 0 aliphatic rings. The third kappa shape index (κ3) is 4.19. The number of thioether (sulfide) groups is 1. The highest BCUT2D eigenvalue weighted by Gasteiger charge is 2.20. The van der Waals surface area contributed by atoms with Gasteiger partial charge in [0.1, 0.15) is 5.82 Å². The van der Waals surface area contributed by atoms with Gasteiger partial charge in [-0.15, -0.1) is 5.10 Å². The molecule has 1 aromatic heterocycles. The predicted molar refractivity (Wildman–Crippen MR) is 79.0 cm³/mol. The number of nitrogen functional groups attached to an aromatic ring is 1. The number of nitrogens with zero attached hydrogens (tertiary/aromatic N) is 3. The van der Waals surface area contributed by atoms with E-state index in [2.05, 4.69) is 15.2 Å². The highest BCUT2D eigenvalue weighted by atomic mass is 32.2. The van der Waals surface area contributed by atoms with Gasteiger partial charge in [-0.1, -0.05) is 23.9 Å². The Morgan fingerprint density at radius 1 is 1.57 bits per heavy atom. The number of H-pyrrole nitrogens is 1. The molecule has 0 fully saturated rings. The van der Waals surface area contributed by atoms with E-state index in [9.17, 15) is 9.18 Å². The van der Waals surface area contributed by atoms with Crippen molar-refractivity contribution in [1.82, 2.24) is 20.1 Å². The standard InChI is InChI=1S/C13H16FN5OS/c1-8(21-13-16-12(15)17-18-13)11(20)19(2)7-9-4-3-5-10(14)6-9/h3-6,8H,7H2,1-2H3,(H3,15,16,17,18)/t8-/m1/s1. The maximum atomic E-state index is 13.1. The number of halogens is 1. The number of nitrogens with two attached hydrogens (primary N) is 1. The summed E-state index contributed by atoms with van der Waals surface area (Å²) in [6.07, 6.45) is 0. The summed E-state index contributed by atoms with van der Waals surface area (Å²) in [5.41, 5.74) is 6.17. The van der Waals surface area contributed by atoms with Gasteiger partial charge in [0, 0.05) is 13.6 Å². The van der Waals surface area contributed by atoms with Gasteiger partial charge in [-0.25, -0.2) is 9.49 Å². The monoisotopic (exact) mass is 309 g/mol. The summed E-state index contributed by atoms with van der Waals surface area (Å²) in [4.78, 5) is 17.7. The fraction of sp³-hybridized carbons (Fsp3) is 0.308. The Hall–Kier alpha value is -2.09. The van der Waals surface area contributed by atoms with Gasteiger partial charge in [0.15, 0.2) is 0 Å². The lowest BCUT2D eigenvalue weighted by molar-refractivity contribution is -0.129. The summed E-state index contributed by atoms with van der Waals surface area (Å²) in [6, 6.07) is 6.19. The first-order valence-electron chi connectivity index (χ1n) is 6.29. The van der Waals surface area contributed by atoms with Gasteiger partial charge < -0.3 is 10.6 Å². The van der Waals surface area contributed by atoms with Gasteiger partial charge in [0.25, 0.3) is 0 Å². The number of carbonyl (C=O) groups is 1. The number of nitrogens with one attached hydrogen (secondary N) is 1. The fourth-order valence-corrected chi connectivity index (χ4v) is 2.66. The van der Waals surface area contributed by atoms with E-state index in [1.807, 2.05) is 0 Å². The molecule has 21 heavy (non-hydrogen) atoms. The second-order valence-corrected chi connectivity index (χ2v) is 5.90. The third-order valence-electron chi connectivity index (χ3n) is 2.80. The first kappa shape index (κ1) is 15.3. The summed E-state index contributed by atoms with van der Waals surface area (Å²) >= 11 is 1.22. The van der Waals surface area contributed by atoms with Crippen molar-refractivity contribution in [3.8, 4) is 0 Å². The molecule has 2 aromatic rings. The molecule has 0 bridgehead atoms. The Bertz CT molecular complexity index is 633. The zero-order valence-corrected chi connectivity index (χ0v) is 12.5. The number of carbonyl (C=O) groups excluding carboxylic acids is 1. The summed E-state index contributed by atoms with van der Waals surface area (Å²) in [6.45, 7) is 2.11. The largest absolute Gasteiger partial charge is 0.368 e. The average molecular weight is 309 g/mol. The Morgan fingerprint density at radius 2 is 2.33 bits per heavy atom. The van der Waals surface area contributed by atoms with Crippen LogP contribution in [0.2, 0.25) is 0 Å². The number of aromatic nitrogens is 3. The number of benzene rings is 1. The molecule has 0 radical (unpaired) electrons. The molecule has 0 aliphatic carbocycles. The Morgan fingerprint density at radius 3 is 2.95 bits per heavy atom. The second kappa shape index (κ2) is 6.57. The van der Waals surface area contributed by atoms with Crippen LogP contribution in [0.4, 0.5) is 10.3 Å². The number of anilines is 1. The molecule has 1 aromatic carbocycles. The van der Waals surface area contributed by atoms with Gasteiger partial charge in [-0.05, 0) is 24.6 Å². The molecule has 3 N–H and O–H groups in total. The van der Waals surface area contributed by atoms with Crippen molar-refractivity contribution in [2.24, 2.45) is 0 Å². The van der Waals surface area contributed by atoms with Crippen LogP contribution in [0.3, 0.4) is 0 Å². The minimum absolute atomic E-state index is 0.0902. The van der Waals surface area contributed by atoms with Crippen molar-refractivity contribution in [3.63, 3.8) is 0 Å². The lowest BCUT2D eigenvalue weighted by Crippen LogP contribution is -2.32. The number of hydrogen-bond acceptors (Lipinski definition) is 5. The molecule has 1 amide bonds. The van der Waals surface area contributed by atoms with Crippen molar-refractivity contribution in [2.45, 2.75) is 23.9 Å². The normalized spacial score (nSPS) is 12.1. The SMILES string of the molecule is C[C@@H](Sc1n[nH]c(N)n1)C(=O)N(C)Cc1cccc(F)c1. The van der Waals surface area contributed by atoms with E-state index in [0.29, 0.717) is 11.7 Å². The maximum absolute atomic E-state index is 13.1. The van der Waals surface area contributed by atoms with E-state index in [1.165, 1.54) is 23.9 Å².